The molecule has 0 spiro atoms. The van der Waals surface area contributed by atoms with Crippen LogP contribution in [-0.4, -0.2) is 19.3 Å². The van der Waals surface area contributed by atoms with Crippen molar-refractivity contribution < 1.29 is 9.84 Å². The summed E-state index contributed by atoms with van der Waals surface area (Å²) < 4.78 is 5.19. The monoisotopic (exact) mass is 145 g/mol. The van der Waals surface area contributed by atoms with Crippen LogP contribution in [0.4, 0.5) is 0 Å². The molecule has 0 aromatic carbocycles. The van der Waals surface area contributed by atoms with Crippen LogP contribution >= 0.6 is 0 Å². The average molecular weight is 145 g/mol. The van der Waals surface area contributed by atoms with E-state index in [2.05, 4.69) is 13.8 Å². The Balaban J connectivity index is 3.03. The highest BCUT2D eigenvalue weighted by Crippen LogP contribution is 2.00. The second-order valence-corrected chi connectivity index (χ2v) is 3.03. The fourth-order valence-corrected chi connectivity index (χ4v) is 0.553. The second kappa shape index (κ2) is 5.69. The van der Waals surface area contributed by atoms with E-state index in [-0.39, 0.29) is 12.7 Å². The number of ether oxygens (including phenoxy) is 1. The molecule has 0 aliphatic rings. The summed E-state index contributed by atoms with van der Waals surface area (Å²) >= 11 is 0. The summed E-state index contributed by atoms with van der Waals surface area (Å²) in [7, 11) is 0. The highest BCUT2D eigenvalue weighted by molar-refractivity contribution is 4.47. The first-order chi connectivity index (χ1) is 4.66. The molecular formula is C8H17O2. The van der Waals surface area contributed by atoms with E-state index in [1.807, 2.05) is 6.92 Å². The maximum atomic E-state index is 10.2. The highest BCUT2D eigenvalue weighted by Gasteiger charge is 2.00. The van der Waals surface area contributed by atoms with E-state index >= 15 is 0 Å². The van der Waals surface area contributed by atoms with Crippen LogP contribution in [0.5, 0.6) is 0 Å². The lowest BCUT2D eigenvalue weighted by atomic mass is 10.1. The summed E-state index contributed by atoms with van der Waals surface area (Å²) in [5.74, 6) is 0.666. The first-order valence-corrected chi connectivity index (χ1v) is 3.86. The minimum atomic E-state index is -0.127. The maximum Gasteiger partial charge on any atom is 0.108 e. The Bertz CT molecular complexity index is 71.7. The molecule has 2 nitrogen and oxygen atoms in total. The van der Waals surface area contributed by atoms with Crippen LogP contribution in [0.3, 0.4) is 0 Å². The van der Waals surface area contributed by atoms with Crippen molar-refractivity contribution in [3.63, 3.8) is 0 Å². The maximum absolute atomic E-state index is 10.2. The van der Waals surface area contributed by atoms with Gasteiger partial charge in [0.25, 0.3) is 0 Å². The first-order valence-electron chi connectivity index (χ1n) is 3.86. The third-order valence-corrected chi connectivity index (χ3v) is 1.33. The van der Waals surface area contributed by atoms with Gasteiger partial charge in [0.05, 0.1) is 6.10 Å². The van der Waals surface area contributed by atoms with Gasteiger partial charge in [0.15, 0.2) is 0 Å². The Hall–Kier alpha value is -0.0800. The minimum absolute atomic E-state index is 0.112. The topological polar surface area (TPSA) is 29.1 Å². The molecule has 0 rings (SSSR count). The molecule has 0 aromatic heterocycles. The SMILES string of the molecule is CC(C)CCOC(C)C[O]. The van der Waals surface area contributed by atoms with Gasteiger partial charge in [-0.05, 0) is 19.3 Å². The van der Waals surface area contributed by atoms with Crippen molar-refractivity contribution in [2.45, 2.75) is 33.3 Å². The predicted molar refractivity (Wildman–Crippen MR) is 40.4 cm³/mol. The van der Waals surface area contributed by atoms with Crippen molar-refractivity contribution in [1.29, 1.82) is 0 Å². The van der Waals surface area contributed by atoms with Gasteiger partial charge in [-0.25, -0.2) is 5.11 Å². The van der Waals surface area contributed by atoms with Crippen molar-refractivity contribution in [3.05, 3.63) is 0 Å². The zero-order valence-electron chi connectivity index (χ0n) is 7.09. The van der Waals surface area contributed by atoms with Gasteiger partial charge in [0.1, 0.15) is 6.61 Å². The summed E-state index contributed by atoms with van der Waals surface area (Å²) in [6.07, 6.45) is 0.934. The average Bonchev–Trinajstić information content (AvgIpc) is 1.87. The quantitative estimate of drug-likeness (QED) is 0.580. The van der Waals surface area contributed by atoms with Gasteiger partial charge in [-0.1, -0.05) is 13.8 Å². The summed E-state index contributed by atoms with van der Waals surface area (Å²) in [5.41, 5.74) is 0. The molecule has 1 atom stereocenters. The Morgan fingerprint density at radius 1 is 1.30 bits per heavy atom. The summed E-state index contributed by atoms with van der Waals surface area (Å²) in [6, 6.07) is 0. The Labute approximate surface area is 63.2 Å². The third kappa shape index (κ3) is 6.05. The second-order valence-electron chi connectivity index (χ2n) is 3.03. The Morgan fingerprint density at radius 2 is 1.90 bits per heavy atom. The van der Waals surface area contributed by atoms with Gasteiger partial charge >= 0.3 is 0 Å². The fraction of sp³-hybridized carbons (Fsp3) is 1.00. The molecular weight excluding hydrogens is 128 g/mol. The third-order valence-electron chi connectivity index (χ3n) is 1.33. The minimum Gasteiger partial charge on any atom is -0.376 e. The molecule has 0 heterocycles. The number of hydrogen-bond donors (Lipinski definition) is 0. The molecule has 0 aromatic rings. The largest absolute Gasteiger partial charge is 0.376 e. The van der Waals surface area contributed by atoms with E-state index in [1.165, 1.54) is 0 Å². The van der Waals surface area contributed by atoms with Crippen LogP contribution in [0, 0.1) is 5.92 Å². The molecule has 0 saturated heterocycles. The van der Waals surface area contributed by atoms with Crippen LogP contribution in [0.1, 0.15) is 27.2 Å². The Morgan fingerprint density at radius 3 is 2.30 bits per heavy atom. The predicted octanol–water partition coefficient (Wildman–Crippen LogP) is 1.87. The van der Waals surface area contributed by atoms with Crippen LogP contribution in [0.15, 0.2) is 0 Å². The van der Waals surface area contributed by atoms with Crippen molar-refractivity contribution in [2.75, 3.05) is 13.2 Å². The number of rotatable bonds is 5. The van der Waals surface area contributed by atoms with Gasteiger partial charge in [0, 0.05) is 6.61 Å². The standard InChI is InChI=1S/C8H17O2/c1-7(2)4-5-10-8(3)6-9/h7-8H,4-6H2,1-3H3. The van der Waals surface area contributed by atoms with E-state index < -0.39 is 0 Å². The molecule has 10 heavy (non-hydrogen) atoms. The summed E-state index contributed by atoms with van der Waals surface area (Å²) in [5, 5.41) is 10.2. The molecule has 0 aliphatic carbocycles. The first kappa shape index (κ1) is 9.92. The molecule has 0 aliphatic heterocycles. The lowest BCUT2D eigenvalue weighted by molar-refractivity contribution is -0.00157. The van der Waals surface area contributed by atoms with Gasteiger partial charge in [-0.2, -0.15) is 0 Å². The molecule has 1 radical (unpaired) electrons. The molecule has 2 heteroatoms. The molecule has 0 N–H and O–H groups in total. The van der Waals surface area contributed by atoms with Crippen molar-refractivity contribution in [2.24, 2.45) is 5.92 Å². The van der Waals surface area contributed by atoms with Crippen molar-refractivity contribution in [3.8, 4) is 0 Å². The normalized spacial score (nSPS) is 14.1. The fourth-order valence-electron chi connectivity index (χ4n) is 0.553. The molecule has 0 fully saturated rings. The molecule has 61 valence electrons. The highest BCUT2D eigenvalue weighted by atomic mass is 16.5. The van der Waals surface area contributed by atoms with Crippen LogP contribution in [0.25, 0.3) is 0 Å². The molecule has 0 amide bonds. The van der Waals surface area contributed by atoms with Gasteiger partial charge in [0.2, 0.25) is 0 Å². The zero-order valence-corrected chi connectivity index (χ0v) is 7.09. The van der Waals surface area contributed by atoms with Crippen molar-refractivity contribution in [1.82, 2.24) is 0 Å². The van der Waals surface area contributed by atoms with E-state index in [1.54, 1.807) is 0 Å². The zero-order chi connectivity index (χ0) is 7.98. The molecule has 0 bridgehead atoms. The van der Waals surface area contributed by atoms with E-state index in [9.17, 15) is 5.11 Å². The van der Waals surface area contributed by atoms with Gasteiger partial charge in [-0.3, -0.25) is 0 Å². The summed E-state index contributed by atoms with van der Waals surface area (Å²) in [6.45, 7) is 6.70. The lowest BCUT2D eigenvalue weighted by Gasteiger charge is -2.09. The van der Waals surface area contributed by atoms with Crippen LogP contribution in [-0.2, 0) is 9.84 Å². The van der Waals surface area contributed by atoms with Gasteiger partial charge in [-0.15, -0.1) is 0 Å². The Kier molecular flexibility index (Phi) is 5.64. The van der Waals surface area contributed by atoms with Gasteiger partial charge < -0.3 is 4.74 Å². The number of hydrogen-bond acceptors (Lipinski definition) is 1. The molecule has 1 unspecified atom stereocenters. The van der Waals surface area contributed by atoms with Crippen molar-refractivity contribution >= 4 is 0 Å². The lowest BCUT2D eigenvalue weighted by Crippen LogP contribution is -2.13. The van der Waals surface area contributed by atoms with E-state index in [0.29, 0.717) is 5.92 Å². The molecule has 0 saturated carbocycles. The van der Waals surface area contributed by atoms with E-state index in [0.717, 1.165) is 13.0 Å². The van der Waals surface area contributed by atoms with Crippen LogP contribution in [0.2, 0.25) is 0 Å². The van der Waals surface area contributed by atoms with E-state index in [4.69, 9.17) is 4.74 Å². The smallest absolute Gasteiger partial charge is 0.108 e. The summed E-state index contributed by atoms with van der Waals surface area (Å²) in [4.78, 5) is 0. The van der Waals surface area contributed by atoms with Crippen LogP contribution < -0.4 is 0 Å².